The van der Waals surface area contributed by atoms with Crippen LogP contribution < -0.4 is 21.2 Å². The Hall–Kier alpha value is -2.55. The maximum Gasteiger partial charge on any atom is 0.501 e. The quantitative estimate of drug-likeness (QED) is 0.296. The fraction of sp³-hybridized carbons (Fsp3) is 0.400. The number of nitrogens with one attached hydrogen (secondary N) is 3. The molecule has 29 heavy (non-hydrogen) atoms. The number of piperidine rings is 1. The lowest BCUT2D eigenvalue weighted by molar-refractivity contribution is -0.245. The summed E-state index contributed by atoms with van der Waals surface area (Å²) in [4.78, 5) is 11.7. The highest BCUT2D eigenvalue weighted by Crippen LogP contribution is 2.33. The minimum Gasteiger partial charge on any atom is -0.490 e. The molecular weight excluding hydrogens is 419 g/mol. The first kappa shape index (κ1) is 21.2. The number of sulfonamides is 1. The van der Waals surface area contributed by atoms with Crippen molar-refractivity contribution in [1.29, 1.82) is 0 Å². The third-order valence-electron chi connectivity index (χ3n) is 4.32. The molecule has 0 spiro atoms. The number of amides is 1. The number of benzene rings is 1. The van der Waals surface area contributed by atoms with Crippen LogP contribution in [0.3, 0.4) is 0 Å². The van der Waals surface area contributed by atoms with Crippen molar-refractivity contribution in [3.05, 3.63) is 41.1 Å². The lowest BCUT2D eigenvalue weighted by Crippen LogP contribution is -2.51. The molecule has 0 aromatic heterocycles. The van der Waals surface area contributed by atoms with Crippen molar-refractivity contribution < 1.29 is 36.3 Å². The molecule has 1 aromatic carbocycles. The average Bonchev–Trinajstić information content (AvgIpc) is 3.15. The maximum atomic E-state index is 13.2. The Morgan fingerprint density at radius 2 is 1.83 bits per heavy atom. The van der Waals surface area contributed by atoms with Crippen molar-refractivity contribution in [2.45, 2.75) is 25.2 Å². The van der Waals surface area contributed by atoms with E-state index in [9.17, 15) is 26.4 Å². The molecule has 0 bridgehead atoms. The monoisotopic (exact) mass is 437 g/mol. The molecule has 10 nitrogen and oxygen atoms in total. The van der Waals surface area contributed by atoms with Crippen LogP contribution in [0, 0.1) is 0 Å². The average molecular weight is 437 g/mol. The number of hydrogen-bond acceptors (Lipinski definition) is 8. The van der Waals surface area contributed by atoms with Gasteiger partial charge >= 0.3 is 6.30 Å². The summed E-state index contributed by atoms with van der Waals surface area (Å²) in [7, 11) is -4.73. The van der Waals surface area contributed by atoms with Crippen molar-refractivity contribution in [3.8, 4) is 5.75 Å². The summed E-state index contributed by atoms with van der Waals surface area (Å²) in [5.74, 6) is -0.837. The van der Waals surface area contributed by atoms with Gasteiger partial charge in [-0.05, 0) is 25.0 Å². The summed E-state index contributed by atoms with van der Waals surface area (Å²) >= 11 is 0. The van der Waals surface area contributed by atoms with Crippen LogP contribution in [0.15, 0.2) is 41.1 Å². The van der Waals surface area contributed by atoms with Gasteiger partial charge in [-0.15, -0.1) is 18.7 Å². The van der Waals surface area contributed by atoms with Crippen molar-refractivity contribution in [1.82, 2.24) is 25.8 Å². The Bertz CT molecular complexity index is 885. The molecular formula is C15H18F3N5O5S. The van der Waals surface area contributed by atoms with E-state index in [1.807, 2.05) is 11.5 Å². The predicted octanol–water partition coefficient (Wildman–Crippen LogP) is 0.379. The molecule has 1 saturated heterocycles. The fourth-order valence-corrected chi connectivity index (χ4v) is 4.68. The van der Waals surface area contributed by atoms with Gasteiger partial charge in [-0.25, -0.2) is 13.9 Å². The highest BCUT2D eigenvalue weighted by atomic mass is 32.2. The molecule has 0 aliphatic carbocycles. The second-order valence-electron chi connectivity index (χ2n) is 6.20. The number of alkyl halides is 3. The van der Waals surface area contributed by atoms with E-state index in [0.717, 1.165) is 9.79 Å². The minimum atomic E-state index is -5.15. The van der Waals surface area contributed by atoms with E-state index in [1.165, 1.54) is 0 Å². The maximum absolute atomic E-state index is 13.2. The minimum absolute atomic E-state index is 0.108. The number of carbonyl (C=O) groups is 1. The number of hydrogen-bond donors (Lipinski definition) is 4. The van der Waals surface area contributed by atoms with Crippen LogP contribution in [0.5, 0.6) is 5.75 Å². The zero-order valence-electron chi connectivity index (χ0n) is 14.8. The molecule has 1 fully saturated rings. The van der Waals surface area contributed by atoms with Gasteiger partial charge in [0.2, 0.25) is 5.03 Å². The van der Waals surface area contributed by atoms with Crippen LogP contribution in [0.4, 0.5) is 13.2 Å². The first-order valence-electron chi connectivity index (χ1n) is 8.43. The summed E-state index contributed by atoms with van der Waals surface area (Å²) in [5, 5.41) is 6.75. The van der Waals surface area contributed by atoms with Crippen LogP contribution in [-0.4, -0.2) is 54.3 Å². The van der Waals surface area contributed by atoms with Gasteiger partial charge in [-0.1, -0.05) is 18.2 Å². The van der Waals surface area contributed by atoms with Gasteiger partial charge in [0.1, 0.15) is 11.9 Å². The predicted molar refractivity (Wildman–Crippen MR) is 91.7 cm³/mol. The van der Waals surface area contributed by atoms with Crippen LogP contribution in [0.25, 0.3) is 0 Å². The molecule has 2 heterocycles. The van der Waals surface area contributed by atoms with E-state index in [4.69, 9.17) is 9.94 Å². The number of halogens is 3. The van der Waals surface area contributed by atoms with Gasteiger partial charge in [0, 0.05) is 13.1 Å². The molecule has 2 aliphatic heterocycles. The van der Waals surface area contributed by atoms with Crippen LogP contribution in [0.1, 0.15) is 12.8 Å². The number of hydrazine groups is 2. The Labute approximate surface area is 163 Å². The second kappa shape index (κ2) is 8.06. The first-order chi connectivity index (χ1) is 13.6. The van der Waals surface area contributed by atoms with E-state index in [0.29, 0.717) is 5.75 Å². The molecule has 2 aliphatic rings. The number of carbonyl (C=O) groups excluding carboxylic acids is 1. The highest BCUT2D eigenvalue weighted by Gasteiger charge is 2.51. The summed E-state index contributed by atoms with van der Waals surface area (Å²) in [6.45, 7) is -0.216. The van der Waals surface area contributed by atoms with E-state index >= 15 is 0 Å². The molecule has 0 unspecified atom stereocenters. The van der Waals surface area contributed by atoms with Crippen molar-refractivity contribution in [2.75, 3.05) is 13.1 Å². The Balaban J connectivity index is 1.79. The molecule has 3 rings (SSSR count). The normalized spacial score (nSPS) is 19.2. The summed E-state index contributed by atoms with van der Waals surface area (Å²) in [6.07, 6.45) is -4.97. The molecule has 14 heteroatoms. The third kappa shape index (κ3) is 4.39. The molecule has 1 aromatic rings. The Morgan fingerprint density at radius 3 is 2.38 bits per heavy atom. The van der Waals surface area contributed by atoms with Crippen LogP contribution in [-0.2, 0) is 14.8 Å². The summed E-state index contributed by atoms with van der Waals surface area (Å²) in [5.41, 5.74) is 3.56. The van der Waals surface area contributed by atoms with Crippen LogP contribution in [0.2, 0.25) is 0 Å². The SMILES string of the molecule is O=C(NO)C1=C(S(=O)(=O)N2CCC(Oc3ccccc3)CC2)N(C(F)(F)F)NN1. The number of nitrogens with zero attached hydrogens (tertiary/aromatic N) is 2. The van der Waals surface area contributed by atoms with Crippen molar-refractivity contribution in [3.63, 3.8) is 0 Å². The lowest BCUT2D eigenvalue weighted by Gasteiger charge is -2.33. The summed E-state index contributed by atoms with van der Waals surface area (Å²) < 4.78 is 72.1. The molecule has 0 radical (unpaired) electrons. The summed E-state index contributed by atoms with van der Waals surface area (Å²) in [6, 6.07) is 8.85. The topological polar surface area (TPSA) is 123 Å². The Kier molecular flexibility index (Phi) is 5.88. The standard InChI is InChI=1S/C15H18F3N5O5S/c16-15(17,18)23-14(12(19-21-23)13(24)20-25)29(26,27)22-8-6-11(7-9-22)28-10-4-2-1-3-5-10/h1-5,11,19,21,25H,6-9H2,(H,20,24). The molecule has 4 N–H and O–H groups in total. The van der Waals surface area contributed by atoms with E-state index < -0.39 is 38.0 Å². The molecule has 160 valence electrons. The first-order valence-corrected chi connectivity index (χ1v) is 9.88. The van der Waals surface area contributed by atoms with Crippen LogP contribution >= 0.6 is 0 Å². The molecule has 0 saturated carbocycles. The van der Waals surface area contributed by atoms with Gasteiger partial charge in [0.25, 0.3) is 15.9 Å². The number of hydroxylamine groups is 1. The second-order valence-corrected chi connectivity index (χ2v) is 8.05. The highest BCUT2D eigenvalue weighted by molar-refractivity contribution is 7.93. The van der Waals surface area contributed by atoms with E-state index in [-0.39, 0.29) is 32.0 Å². The Morgan fingerprint density at radius 1 is 1.21 bits per heavy atom. The van der Waals surface area contributed by atoms with Gasteiger partial charge in [-0.2, -0.15) is 9.31 Å². The van der Waals surface area contributed by atoms with Gasteiger partial charge in [-0.3, -0.25) is 15.4 Å². The number of ether oxygens (including phenoxy) is 1. The number of rotatable bonds is 5. The third-order valence-corrected chi connectivity index (χ3v) is 6.24. The van der Waals surface area contributed by atoms with Gasteiger partial charge in [0.15, 0.2) is 5.70 Å². The van der Waals surface area contributed by atoms with Gasteiger partial charge < -0.3 is 4.74 Å². The van der Waals surface area contributed by atoms with E-state index in [2.05, 4.69) is 0 Å². The zero-order valence-corrected chi connectivity index (χ0v) is 15.6. The largest absolute Gasteiger partial charge is 0.501 e. The lowest BCUT2D eigenvalue weighted by atomic mass is 10.1. The molecule has 0 atom stereocenters. The zero-order chi connectivity index (χ0) is 21.2. The van der Waals surface area contributed by atoms with Crippen molar-refractivity contribution >= 4 is 15.9 Å². The number of para-hydroxylation sites is 1. The fourth-order valence-electron chi connectivity index (χ4n) is 2.96. The molecule has 1 amide bonds. The smallest absolute Gasteiger partial charge is 0.490 e. The van der Waals surface area contributed by atoms with Gasteiger partial charge in [0.05, 0.1) is 0 Å². The van der Waals surface area contributed by atoms with Crippen molar-refractivity contribution in [2.24, 2.45) is 0 Å². The van der Waals surface area contributed by atoms with E-state index in [1.54, 1.807) is 29.8 Å².